The summed E-state index contributed by atoms with van der Waals surface area (Å²) in [5.41, 5.74) is -0.132. The van der Waals surface area contributed by atoms with E-state index in [0.29, 0.717) is 19.7 Å². The van der Waals surface area contributed by atoms with Gasteiger partial charge in [0.25, 0.3) is 0 Å². The number of carboxylic acid groups (broad SMARTS) is 1. The molecule has 2 rings (SSSR count). The maximum absolute atomic E-state index is 12.8. The molecule has 0 saturated carbocycles. The summed E-state index contributed by atoms with van der Waals surface area (Å²) in [5.74, 6) is -1.01. The van der Waals surface area contributed by atoms with Crippen LogP contribution >= 0.6 is 0 Å². The number of benzene rings is 1. The molecule has 1 aliphatic rings. The summed E-state index contributed by atoms with van der Waals surface area (Å²) in [4.78, 5) is 13.4. The minimum atomic E-state index is -3.71. The Labute approximate surface area is 142 Å². The molecule has 0 aliphatic carbocycles. The highest BCUT2D eigenvalue weighted by molar-refractivity contribution is 7.89. The van der Waals surface area contributed by atoms with Crippen LogP contribution in [0.1, 0.15) is 30.1 Å². The van der Waals surface area contributed by atoms with Crippen molar-refractivity contribution in [2.45, 2.75) is 30.7 Å². The Morgan fingerprint density at radius 3 is 2.67 bits per heavy atom. The number of carbonyl (C=O) groups is 1. The maximum atomic E-state index is 12.8. The van der Waals surface area contributed by atoms with Gasteiger partial charge in [0.15, 0.2) is 0 Å². The second kappa shape index (κ2) is 7.50. The van der Waals surface area contributed by atoms with E-state index < -0.39 is 16.0 Å². The summed E-state index contributed by atoms with van der Waals surface area (Å²) in [6.45, 7) is 3.13. The van der Waals surface area contributed by atoms with Gasteiger partial charge in [-0.1, -0.05) is 6.92 Å². The maximum Gasteiger partial charge on any atom is 0.339 e. The Hall–Kier alpha value is -1.64. The van der Waals surface area contributed by atoms with Crippen LogP contribution in [0.2, 0.25) is 0 Å². The Morgan fingerprint density at radius 1 is 1.42 bits per heavy atom. The van der Waals surface area contributed by atoms with Crippen LogP contribution in [-0.2, 0) is 10.0 Å². The van der Waals surface area contributed by atoms with Crippen LogP contribution in [0.3, 0.4) is 0 Å². The highest BCUT2D eigenvalue weighted by Gasteiger charge is 2.34. The van der Waals surface area contributed by atoms with Crippen LogP contribution in [0.4, 0.5) is 0 Å². The minimum absolute atomic E-state index is 0.0110. The number of likely N-dealkylation sites (N-methyl/N-ethyl adjacent to an activating group) is 1. The Bertz CT molecular complexity index is 702. The predicted molar refractivity (Wildman–Crippen MR) is 90.0 cm³/mol. The van der Waals surface area contributed by atoms with Gasteiger partial charge in [-0.25, -0.2) is 13.2 Å². The number of hydrogen-bond donors (Lipinski definition) is 1. The number of hydrogen-bond acceptors (Lipinski definition) is 5. The molecule has 0 amide bonds. The first kappa shape index (κ1) is 18.7. The van der Waals surface area contributed by atoms with Gasteiger partial charge in [-0.3, -0.25) is 0 Å². The van der Waals surface area contributed by atoms with Crippen molar-refractivity contribution in [2.24, 2.45) is 0 Å². The van der Waals surface area contributed by atoms with Crippen molar-refractivity contribution < 1.29 is 23.1 Å². The summed E-state index contributed by atoms with van der Waals surface area (Å²) in [6, 6.07) is 4.19. The lowest BCUT2D eigenvalue weighted by atomic mass is 10.2. The number of ether oxygens (including phenoxy) is 1. The third-order valence-corrected chi connectivity index (χ3v) is 6.00. The molecule has 1 aromatic carbocycles. The van der Waals surface area contributed by atoms with Crippen molar-refractivity contribution in [2.75, 3.05) is 33.8 Å². The summed E-state index contributed by atoms with van der Waals surface area (Å²) in [5, 5.41) is 9.34. The Balaban J connectivity index is 2.31. The van der Waals surface area contributed by atoms with Gasteiger partial charge in [0.05, 0.1) is 11.5 Å². The van der Waals surface area contributed by atoms with Gasteiger partial charge >= 0.3 is 5.97 Å². The zero-order chi connectivity index (χ0) is 17.9. The van der Waals surface area contributed by atoms with Gasteiger partial charge in [-0.15, -0.1) is 0 Å². The van der Waals surface area contributed by atoms with Crippen molar-refractivity contribution in [1.82, 2.24) is 9.21 Å². The topological polar surface area (TPSA) is 87.2 Å². The smallest absolute Gasteiger partial charge is 0.339 e. The molecule has 0 spiro atoms. The van der Waals surface area contributed by atoms with Gasteiger partial charge in [0.2, 0.25) is 10.0 Å². The van der Waals surface area contributed by atoms with Crippen molar-refractivity contribution in [3.05, 3.63) is 23.8 Å². The molecule has 1 N–H and O–H groups in total. The summed E-state index contributed by atoms with van der Waals surface area (Å²) >= 11 is 0. The van der Waals surface area contributed by atoms with Crippen LogP contribution < -0.4 is 4.74 Å². The minimum Gasteiger partial charge on any atom is -0.493 e. The fourth-order valence-electron chi connectivity index (χ4n) is 2.67. The number of nitrogens with zero attached hydrogens (tertiary/aromatic N) is 2. The molecule has 8 heteroatoms. The molecule has 1 aromatic rings. The number of rotatable bonds is 7. The van der Waals surface area contributed by atoms with Crippen LogP contribution in [-0.4, -0.2) is 68.5 Å². The molecule has 7 nitrogen and oxygen atoms in total. The normalized spacial score (nSPS) is 18.9. The average molecular weight is 356 g/mol. The van der Waals surface area contributed by atoms with Crippen molar-refractivity contribution in [3.63, 3.8) is 0 Å². The summed E-state index contributed by atoms with van der Waals surface area (Å²) in [6.07, 6.45) is 1.49. The van der Waals surface area contributed by atoms with E-state index in [0.717, 1.165) is 12.8 Å². The number of sulfonamides is 1. The summed E-state index contributed by atoms with van der Waals surface area (Å²) < 4.78 is 32.4. The molecule has 0 radical (unpaired) electrons. The lowest BCUT2D eigenvalue weighted by Crippen LogP contribution is -2.34. The van der Waals surface area contributed by atoms with Crippen molar-refractivity contribution in [1.29, 1.82) is 0 Å². The highest BCUT2D eigenvalue weighted by atomic mass is 32.2. The molecule has 1 unspecified atom stereocenters. The molecular formula is C16H24N2O5S. The van der Waals surface area contributed by atoms with E-state index in [1.165, 1.54) is 22.5 Å². The van der Waals surface area contributed by atoms with E-state index in [1.54, 1.807) is 0 Å². The third kappa shape index (κ3) is 3.88. The Morgan fingerprint density at radius 2 is 2.12 bits per heavy atom. The SMILES string of the molecule is CCCOc1ccc(S(=O)(=O)N2CCC(N(C)C)C2)cc1C(=O)O. The fraction of sp³-hybridized carbons (Fsp3) is 0.562. The molecule has 1 aliphatic heterocycles. The zero-order valence-electron chi connectivity index (χ0n) is 14.2. The van der Waals surface area contributed by atoms with Gasteiger partial charge in [-0.2, -0.15) is 4.31 Å². The first-order valence-electron chi connectivity index (χ1n) is 7.94. The molecule has 134 valence electrons. The van der Waals surface area contributed by atoms with Gasteiger partial charge in [0.1, 0.15) is 11.3 Å². The quantitative estimate of drug-likeness (QED) is 0.797. The van der Waals surface area contributed by atoms with Crippen LogP contribution in [0, 0.1) is 0 Å². The standard InChI is InChI=1S/C16H24N2O5S/c1-4-9-23-15-6-5-13(10-14(15)16(19)20)24(21,22)18-8-7-12(11-18)17(2)3/h5-6,10,12H,4,7-9,11H2,1-3H3,(H,19,20). The second-order valence-corrected chi connectivity index (χ2v) is 8.02. The Kier molecular flexibility index (Phi) is 5.84. The molecule has 0 aromatic heterocycles. The lowest BCUT2D eigenvalue weighted by molar-refractivity contribution is 0.0692. The molecule has 1 saturated heterocycles. The van der Waals surface area contributed by atoms with Crippen LogP contribution in [0.25, 0.3) is 0 Å². The highest BCUT2D eigenvalue weighted by Crippen LogP contribution is 2.27. The molecule has 0 bridgehead atoms. The van der Waals surface area contributed by atoms with E-state index in [-0.39, 0.29) is 22.3 Å². The van der Waals surface area contributed by atoms with E-state index in [9.17, 15) is 18.3 Å². The van der Waals surface area contributed by atoms with Crippen LogP contribution in [0.15, 0.2) is 23.1 Å². The second-order valence-electron chi connectivity index (χ2n) is 6.08. The third-order valence-electron chi connectivity index (χ3n) is 4.14. The van der Waals surface area contributed by atoms with Crippen molar-refractivity contribution in [3.8, 4) is 5.75 Å². The van der Waals surface area contributed by atoms with E-state index in [4.69, 9.17) is 4.74 Å². The molecule has 1 fully saturated rings. The number of carboxylic acids is 1. The van der Waals surface area contributed by atoms with E-state index >= 15 is 0 Å². The first-order chi connectivity index (χ1) is 11.3. The lowest BCUT2D eigenvalue weighted by Gasteiger charge is -2.20. The molecular weight excluding hydrogens is 332 g/mol. The monoisotopic (exact) mass is 356 g/mol. The van der Waals surface area contributed by atoms with Crippen LogP contribution in [0.5, 0.6) is 5.75 Å². The van der Waals surface area contributed by atoms with Gasteiger partial charge in [-0.05, 0) is 45.1 Å². The van der Waals surface area contributed by atoms with Crippen molar-refractivity contribution >= 4 is 16.0 Å². The largest absolute Gasteiger partial charge is 0.493 e. The zero-order valence-corrected chi connectivity index (χ0v) is 15.0. The fourth-order valence-corrected chi connectivity index (χ4v) is 4.19. The molecule has 1 heterocycles. The average Bonchev–Trinajstić information content (AvgIpc) is 3.03. The van der Waals surface area contributed by atoms with E-state index in [2.05, 4.69) is 0 Å². The van der Waals surface area contributed by atoms with Gasteiger partial charge < -0.3 is 14.7 Å². The predicted octanol–water partition coefficient (Wildman–Crippen LogP) is 1.50. The number of aromatic carboxylic acids is 1. The summed E-state index contributed by atoms with van der Waals surface area (Å²) in [7, 11) is 0.129. The van der Waals surface area contributed by atoms with E-state index in [1.807, 2.05) is 25.9 Å². The molecule has 1 atom stereocenters. The first-order valence-corrected chi connectivity index (χ1v) is 9.38. The van der Waals surface area contributed by atoms with Gasteiger partial charge in [0, 0.05) is 19.1 Å². The molecule has 24 heavy (non-hydrogen) atoms.